The van der Waals surface area contributed by atoms with Crippen LogP contribution in [0.5, 0.6) is 5.75 Å². The maximum Gasteiger partial charge on any atom is 0.338 e. The number of aryl methyl sites for hydroxylation is 2. The summed E-state index contributed by atoms with van der Waals surface area (Å²) in [5.74, 6) is 0.160. The Morgan fingerprint density at radius 2 is 1.67 bits per heavy atom. The molecule has 0 aliphatic heterocycles. The van der Waals surface area contributed by atoms with Gasteiger partial charge in [0.25, 0.3) is 0 Å². The highest BCUT2D eigenvalue weighted by atomic mass is 16.5. The molecule has 0 unspecified atom stereocenters. The monoisotopic (exact) mass is 278 g/mol. The van der Waals surface area contributed by atoms with Gasteiger partial charge in [0, 0.05) is 5.57 Å². The summed E-state index contributed by atoms with van der Waals surface area (Å²) in [6.07, 6.45) is 3.64. The van der Waals surface area contributed by atoms with Gasteiger partial charge in [0.1, 0.15) is 5.75 Å². The molecule has 1 aliphatic rings. The van der Waals surface area contributed by atoms with E-state index < -0.39 is 0 Å². The second-order valence-corrected chi connectivity index (χ2v) is 5.53. The molecule has 106 valence electrons. The lowest BCUT2D eigenvalue weighted by atomic mass is 10.0. The molecule has 21 heavy (non-hydrogen) atoms. The van der Waals surface area contributed by atoms with Gasteiger partial charge in [-0.15, -0.1) is 0 Å². The molecule has 0 aromatic heterocycles. The smallest absolute Gasteiger partial charge is 0.338 e. The van der Waals surface area contributed by atoms with Crippen molar-refractivity contribution < 1.29 is 9.53 Å². The maximum atomic E-state index is 11.5. The van der Waals surface area contributed by atoms with Crippen molar-refractivity contribution >= 4 is 5.97 Å². The van der Waals surface area contributed by atoms with Gasteiger partial charge >= 0.3 is 5.97 Å². The van der Waals surface area contributed by atoms with E-state index in [4.69, 9.17) is 4.74 Å². The molecule has 0 spiro atoms. The number of hydrogen-bond acceptors (Lipinski definition) is 2. The van der Waals surface area contributed by atoms with Crippen molar-refractivity contribution in [1.82, 2.24) is 0 Å². The topological polar surface area (TPSA) is 26.3 Å². The van der Waals surface area contributed by atoms with Crippen LogP contribution in [0.3, 0.4) is 0 Å². The lowest BCUT2D eigenvalue weighted by Gasteiger charge is -2.07. The number of benzene rings is 2. The summed E-state index contributed by atoms with van der Waals surface area (Å²) in [6, 6.07) is 14.3. The van der Waals surface area contributed by atoms with Crippen LogP contribution in [-0.4, -0.2) is 5.97 Å². The molecular formula is C19H18O2. The fourth-order valence-corrected chi connectivity index (χ4v) is 2.66. The molecule has 2 aromatic carbocycles. The van der Waals surface area contributed by atoms with Crippen LogP contribution in [0.15, 0.2) is 54.6 Å². The number of esters is 1. The summed E-state index contributed by atoms with van der Waals surface area (Å²) in [5, 5.41) is 0. The molecule has 0 saturated carbocycles. The van der Waals surface area contributed by atoms with Crippen LogP contribution in [0.2, 0.25) is 0 Å². The number of carbonyl (C=O) groups excluding carboxylic acids is 1. The molecule has 3 rings (SSSR count). The van der Waals surface area contributed by atoms with Crippen LogP contribution < -0.4 is 4.74 Å². The quantitative estimate of drug-likeness (QED) is 0.474. The van der Waals surface area contributed by atoms with Gasteiger partial charge in [-0.25, -0.2) is 4.79 Å². The van der Waals surface area contributed by atoms with E-state index in [1.165, 1.54) is 36.0 Å². The van der Waals surface area contributed by atoms with Crippen LogP contribution in [0, 0.1) is 0 Å². The zero-order chi connectivity index (χ0) is 14.8. The SMILES string of the molecule is C=C(C)C(=O)Oc1ccc(-c2ccc3c(c2)CCC3)cc1. The van der Waals surface area contributed by atoms with Crippen molar-refractivity contribution in [1.29, 1.82) is 0 Å². The third kappa shape index (κ3) is 2.89. The number of fused-ring (bicyclic) bond motifs is 1. The van der Waals surface area contributed by atoms with E-state index in [9.17, 15) is 4.79 Å². The number of rotatable bonds is 3. The Labute approximate surface area is 125 Å². The summed E-state index contributed by atoms with van der Waals surface area (Å²) in [5.41, 5.74) is 5.70. The minimum absolute atomic E-state index is 0.389. The van der Waals surface area contributed by atoms with Gasteiger partial charge in [0.2, 0.25) is 0 Å². The van der Waals surface area contributed by atoms with Gasteiger partial charge in [-0.1, -0.05) is 36.9 Å². The molecule has 0 radical (unpaired) electrons. The highest BCUT2D eigenvalue weighted by Gasteiger charge is 2.11. The number of ether oxygens (including phenoxy) is 1. The Morgan fingerprint density at radius 1 is 1.00 bits per heavy atom. The molecule has 0 fully saturated rings. The Hall–Kier alpha value is -2.35. The second-order valence-electron chi connectivity index (χ2n) is 5.53. The Balaban J connectivity index is 1.81. The van der Waals surface area contributed by atoms with Crippen LogP contribution >= 0.6 is 0 Å². The Morgan fingerprint density at radius 3 is 2.38 bits per heavy atom. The van der Waals surface area contributed by atoms with Crippen molar-refractivity contribution in [2.75, 3.05) is 0 Å². The first-order valence-electron chi connectivity index (χ1n) is 7.23. The molecule has 0 heterocycles. The van der Waals surface area contributed by atoms with Gasteiger partial charge in [0.05, 0.1) is 0 Å². The van der Waals surface area contributed by atoms with E-state index in [-0.39, 0.29) is 5.97 Å². The van der Waals surface area contributed by atoms with Gasteiger partial charge < -0.3 is 4.74 Å². The van der Waals surface area contributed by atoms with Crippen LogP contribution in [-0.2, 0) is 17.6 Å². The standard InChI is InChI=1S/C19H18O2/c1-13(2)19(20)21-18-10-8-15(9-11-18)17-7-6-14-4-3-5-16(14)12-17/h6-12H,1,3-5H2,2H3. The molecule has 0 amide bonds. The minimum atomic E-state index is -0.389. The third-order valence-corrected chi connectivity index (χ3v) is 3.85. The molecule has 0 atom stereocenters. The molecule has 0 saturated heterocycles. The fraction of sp³-hybridized carbons (Fsp3) is 0.211. The minimum Gasteiger partial charge on any atom is -0.423 e. The van der Waals surface area contributed by atoms with E-state index >= 15 is 0 Å². The predicted molar refractivity (Wildman–Crippen MR) is 84.4 cm³/mol. The third-order valence-electron chi connectivity index (χ3n) is 3.85. The normalized spacial score (nSPS) is 12.8. The lowest BCUT2D eigenvalue weighted by molar-refractivity contribution is -0.130. The largest absolute Gasteiger partial charge is 0.423 e. The van der Waals surface area contributed by atoms with Crippen LogP contribution in [0.1, 0.15) is 24.5 Å². The van der Waals surface area contributed by atoms with Crippen molar-refractivity contribution in [3.63, 3.8) is 0 Å². The zero-order valence-corrected chi connectivity index (χ0v) is 12.2. The van der Waals surface area contributed by atoms with Gasteiger partial charge in [-0.05, 0) is 60.6 Å². The summed E-state index contributed by atoms with van der Waals surface area (Å²) in [6.45, 7) is 5.22. The first kappa shape index (κ1) is 13.6. The van der Waals surface area contributed by atoms with Crippen LogP contribution in [0.25, 0.3) is 11.1 Å². The Bertz CT molecular complexity index is 696. The molecule has 2 heteroatoms. The van der Waals surface area contributed by atoms with E-state index in [1.54, 1.807) is 6.92 Å². The molecule has 2 nitrogen and oxygen atoms in total. The highest BCUT2D eigenvalue weighted by molar-refractivity contribution is 5.88. The molecule has 2 aromatic rings. The number of carbonyl (C=O) groups is 1. The average molecular weight is 278 g/mol. The predicted octanol–water partition coefficient (Wildman–Crippen LogP) is 4.32. The van der Waals surface area contributed by atoms with Crippen molar-refractivity contribution in [3.8, 4) is 16.9 Å². The molecule has 0 N–H and O–H groups in total. The first-order valence-corrected chi connectivity index (χ1v) is 7.23. The maximum absolute atomic E-state index is 11.5. The van der Waals surface area contributed by atoms with Gasteiger partial charge in [-0.3, -0.25) is 0 Å². The van der Waals surface area contributed by atoms with Crippen molar-refractivity contribution in [3.05, 3.63) is 65.7 Å². The fourth-order valence-electron chi connectivity index (χ4n) is 2.66. The molecule has 1 aliphatic carbocycles. The van der Waals surface area contributed by atoms with Crippen molar-refractivity contribution in [2.45, 2.75) is 26.2 Å². The van der Waals surface area contributed by atoms with Gasteiger partial charge in [0.15, 0.2) is 0 Å². The molecular weight excluding hydrogens is 260 g/mol. The van der Waals surface area contributed by atoms with Gasteiger partial charge in [-0.2, -0.15) is 0 Å². The first-order chi connectivity index (χ1) is 10.1. The van der Waals surface area contributed by atoms with E-state index in [2.05, 4.69) is 24.8 Å². The molecule has 0 bridgehead atoms. The van der Waals surface area contributed by atoms with E-state index in [0.717, 1.165) is 5.56 Å². The van der Waals surface area contributed by atoms with E-state index in [1.807, 2.05) is 24.3 Å². The average Bonchev–Trinajstić information content (AvgIpc) is 2.95. The summed E-state index contributed by atoms with van der Waals surface area (Å²) >= 11 is 0. The number of hydrogen-bond donors (Lipinski definition) is 0. The summed E-state index contributed by atoms with van der Waals surface area (Å²) in [4.78, 5) is 11.5. The van der Waals surface area contributed by atoms with Crippen LogP contribution in [0.4, 0.5) is 0 Å². The second kappa shape index (κ2) is 5.57. The summed E-state index contributed by atoms with van der Waals surface area (Å²) < 4.78 is 5.20. The van der Waals surface area contributed by atoms with E-state index in [0.29, 0.717) is 11.3 Å². The highest BCUT2D eigenvalue weighted by Crippen LogP contribution is 2.29. The zero-order valence-electron chi connectivity index (χ0n) is 12.2. The van der Waals surface area contributed by atoms with Crippen molar-refractivity contribution in [2.24, 2.45) is 0 Å². The summed E-state index contributed by atoms with van der Waals surface area (Å²) in [7, 11) is 0. The lowest BCUT2D eigenvalue weighted by Crippen LogP contribution is -2.07. The Kier molecular flexibility index (Phi) is 3.61.